The van der Waals surface area contributed by atoms with Crippen LogP contribution in [0.1, 0.15) is 39.0 Å². The average Bonchev–Trinajstić information content (AvgIpc) is 2.53. The summed E-state index contributed by atoms with van der Waals surface area (Å²) in [4.78, 5) is 10.9. The van der Waals surface area contributed by atoms with Gasteiger partial charge in [0.25, 0.3) is 0 Å². The number of carbonyl (C=O) groups is 1. The molecule has 0 amide bonds. The third kappa shape index (κ3) is 3.21. The van der Waals surface area contributed by atoms with Crippen molar-refractivity contribution in [3.8, 4) is 0 Å². The molecule has 1 aliphatic rings. The molecule has 1 rings (SSSR count). The molecule has 1 aliphatic carbocycles. The number of hydrogen-bond acceptors (Lipinski definition) is 2. The standard InChI is InChI=1S/C11H18O2/c1-3-5-9-6-7-10(8-9)13-11(12)4-2/h4,9-10H,2-3,5-8H2,1H3. The van der Waals surface area contributed by atoms with Gasteiger partial charge in [-0.3, -0.25) is 0 Å². The van der Waals surface area contributed by atoms with Crippen molar-refractivity contribution in [3.63, 3.8) is 0 Å². The van der Waals surface area contributed by atoms with Crippen LogP contribution in [-0.4, -0.2) is 12.1 Å². The van der Waals surface area contributed by atoms with E-state index in [-0.39, 0.29) is 12.1 Å². The molecule has 0 aromatic heterocycles. The molecule has 1 fully saturated rings. The summed E-state index contributed by atoms with van der Waals surface area (Å²) in [6, 6.07) is 0. The van der Waals surface area contributed by atoms with Crippen LogP contribution in [0.4, 0.5) is 0 Å². The minimum atomic E-state index is -0.276. The lowest BCUT2D eigenvalue weighted by Crippen LogP contribution is -2.13. The summed E-state index contributed by atoms with van der Waals surface area (Å²) in [5, 5.41) is 0. The number of esters is 1. The maximum Gasteiger partial charge on any atom is 0.330 e. The highest BCUT2D eigenvalue weighted by molar-refractivity contribution is 5.81. The zero-order valence-corrected chi connectivity index (χ0v) is 8.29. The maximum atomic E-state index is 10.9. The number of hydrogen-bond donors (Lipinski definition) is 0. The lowest BCUT2D eigenvalue weighted by molar-refractivity contribution is -0.142. The van der Waals surface area contributed by atoms with Crippen LogP contribution in [0.3, 0.4) is 0 Å². The van der Waals surface area contributed by atoms with Crippen LogP contribution in [0.5, 0.6) is 0 Å². The van der Waals surface area contributed by atoms with E-state index in [0.29, 0.717) is 0 Å². The Bertz CT molecular complexity index is 187. The minimum Gasteiger partial charge on any atom is -0.459 e. The second-order valence-electron chi connectivity index (χ2n) is 3.73. The summed E-state index contributed by atoms with van der Waals surface area (Å²) >= 11 is 0. The second kappa shape index (κ2) is 5.05. The van der Waals surface area contributed by atoms with Crippen molar-refractivity contribution in [1.82, 2.24) is 0 Å². The molecule has 2 unspecified atom stereocenters. The van der Waals surface area contributed by atoms with Gasteiger partial charge in [0.05, 0.1) is 0 Å². The van der Waals surface area contributed by atoms with E-state index in [0.717, 1.165) is 18.8 Å². The molecular weight excluding hydrogens is 164 g/mol. The average molecular weight is 182 g/mol. The van der Waals surface area contributed by atoms with Gasteiger partial charge in [-0.05, 0) is 25.2 Å². The highest BCUT2D eigenvalue weighted by Gasteiger charge is 2.25. The van der Waals surface area contributed by atoms with E-state index in [1.807, 2.05) is 0 Å². The van der Waals surface area contributed by atoms with Crippen molar-refractivity contribution in [1.29, 1.82) is 0 Å². The molecule has 1 saturated carbocycles. The first-order chi connectivity index (χ1) is 6.26. The quantitative estimate of drug-likeness (QED) is 0.493. The van der Waals surface area contributed by atoms with Gasteiger partial charge in [0.15, 0.2) is 0 Å². The van der Waals surface area contributed by atoms with Gasteiger partial charge in [-0.25, -0.2) is 4.79 Å². The van der Waals surface area contributed by atoms with E-state index < -0.39 is 0 Å². The molecule has 2 heteroatoms. The van der Waals surface area contributed by atoms with Crippen molar-refractivity contribution in [3.05, 3.63) is 12.7 Å². The van der Waals surface area contributed by atoms with Crippen LogP contribution < -0.4 is 0 Å². The zero-order valence-electron chi connectivity index (χ0n) is 8.29. The van der Waals surface area contributed by atoms with E-state index >= 15 is 0 Å². The highest BCUT2D eigenvalue weighted by atomic mass is 16.5. The molecule has 0 aromatic rings. The second-order valence-corrected chi connectivity index (χ2v) is 3.73. The van der Waals surface area contributed by atoms with Crippen molar-refractivity contribution >= 4 is 5.97 Å². The largest absolute Gasteiger partial charge is 0.459 e. The topological polar surface area (TPSA) is 26.3 Å². The summed E-state index contributed by atoms with van der Waals surface area (Å²) in [5.74, 6) is 0.495. The predicted molar refractivity (Wildman–Crippen MR) is 52.3 cm³/mol. The predicted octanol–water partition coefficient (Wildman–Crippen LogP) is 2.68. The lowest BCUT2D eigenvalue weighted by Gasteiger charge is -2.10. The van der Waals surface area contributed by atoms with Crippen LogP contribution in [0.25, 0.3) is 0 Å². The van der Waals surface area contributed by atoms with Crippen LogP contribution in [-0.2, 0) is 9.53 Å². The van der Waals surface area contributed by atoms with E-state index in [1.54, 1.807) is 0 Å². The smallest absolute Gasteiger partial charge is 0.330 e. The van der Waals surface area contributed by atoms with E-state index in [2.05, 4.69) is 13.5 Å². The summed E-state index contributed by atoms with van der Waals surface area (Å²) in [6.45, 7) is 5.58. The first-order valence-corrected chi connectivity index (χ1v) is 5.09. The minimum absolute atomic E-state index is 0.155. The summed E-state index contributed by atoms with van der Waals surface area (Å²) < 4.78 is 5.18. The zero-order chi connectivity index (χ0) is 9.68. The summed E-state index contributed by atoms with van der Waals surface area (Å²) in [7, 11) is 0. The van der Waals surface area contributed by atoms with E-state index in [4.69, 9.17) is 4.74 Å². The molecule has 0 saturated heterocycles. The molecule has 2 atom stereocenters. The molecule has 0 spiro atoms. The van der Waals surface area contributed by atoms with Crippen LogP contribution in [0.15, 0.2) is 12.7 Å². The third-order valence-electron chi connectivity index (χ3n) is 2.64. The Kier molecular flexibility index (Phi) is 4.00. The van der Waals surface area contributed by atoms with Gasteiger partial charge in [-0.2, -0.15) is 0 Å². The van der Waals surface area contributed by atoms with Gasteiger partial charge in [0, 0.05) is 6.08 Å². The number of ether oxygens (including phenoxy) is 1. The lowest BCUT2D eigenvalue weighted by atomic mass is 10.0. The Morgan fingerprint density at radius 1 is 1.62 bits per heavy atom. The van der Waals surface area contributed by atoms with Gasteiger partial charge in [0.1, 0.15) is 6.10 Å². The van der Waals surface area contributed by atoms with E-state index in [9.17, 15) is 4.79 Å². The molecule has 0 bridgehead atoms. The number of rotatable bonds is 4. The molecule has 0 heterocycles. The van der Waals surface area contributed by atoms with Gasteiger partial charge in [-0.15, -0.1) is 0 Å². The maximum absolute atomic E-state index is 10.9. The van der Waals surface area contributed by atoms with Crippen molar-refractivity contribution < 1.29 is 9.53 Å². The Balaban J connectivity index is 2.24. The molecule has 0 radical (unpaired) electrons. The third-order valence-corrected chi connectivity index (χ3v) is 2.64. The SMILES string of the molecule is C=CC(=O)OC1CCC(CCC)C1. The van der Waals surface area contributed by atoms with Crippen LogP contribution in [0.2, 0.25) is 0 Å². The monoisotopic (exact) mass is 182 g/mol. The molecule has 0 N–H and O–H groups in total. The summed E-state index contributed by atoms with van der Waals surface area (Å²) in [5.41, 5.74) is 0. The fraction of sp³-hybridized carbons (Fsp3) is 0.727. The molecule has 2 nitrogen and oxygen atoms in total. The molecular formula is C11H18O2. The Hall–Kier alpha value is -0.790. The molecule has 74 valence electrons. The summed E-state index contributed by atoms with van der Waals surface area (Å²) in [6.07, 6.45) is 7.19. The van der Waals surface area contributed by atoms with Gasteiger partial charge in [0.2, 0.25) is 0 Å². The highest BCUT2D eigenvalue weighted by Crippen LogP contribution is 2.31. The first kappa shape index (κ1) is 10.3. The fourth-order valence-electron chi connectivity index (χ4n) is 2.02. The van der Waals surface area contributed by atoms with Crippen molar-refractivity contribution in [2.75, 3.05) is 0 Å². The normalized spacial score (nSPS) is 27.2. The Morgan fingerprint density at radius 3 is 3.00 bits per heavy atom. The van der Waals surface area contributed by atoms with Crippen LogP contribution in [0, 0.1) is 5.92 Å². The fourth-order valence-corrected chi connectivity index (χ4v) is 2.02. The van der Waals surface area contributed by atoms with Gasteiger partial charge >= 0.3 is 5.97 Å². The van der Waals surface area contributed by atoms with E-state index in [1.165, 1.54) is 25.3 Å². The van der Waals surface area contributed by atoms with Gasteiger partial charge in [-0.1, -0.05) is 26.3 Å². The Labute approximate surface area is 80.0 Å². The van der Waals surface area contributed by atoms with Crippen molar-refractivity contribution in [2.24, 2.45) is 5.92 Å². The molecule has 0 aliphatic heterocycles. The molecule has 0 aromatic carbocycles. The van der Waals surface area contributed by atoms with Crippen LogP contribution >= 0.6 is 0 Å². The Morgan fingerprint density at radius 2 is 2.38 bits per heavy atom. The first-order valence-electron chi connectivity index (χ1n) is 5.09. The van der Waals surface area contributed by atoms with Gasteiger partial charge < -0.3 is 4.74 Å². The molecule has 13 heavy (non-hydrogen) atoms. The van der Waals surface area contributed by atoms with Crippen molar-refractivity contribution in [2.45, 2.75) is 45.1 Å². The number of carbonyl (C=O) groups excluding carboxylic acids is 1.